The van der Waals surface area contributed by atoms with Crippen LogP contribution in [0.15, 0.2) is 54.9 Å². The zero-order valence-electron chi connectivity index (χ0n) is 12.4. The standard InChI is InChI=1S/C17H21N3O/c1-13(15-8-10-19-11-9-15)20(2)17(21)16(18)12-14-6-4-3-5-7-14/h3-11,13,16H,12,18H2,1-2H3/t13?,16-/m0/s1. The second-order valence-corrected chi connectivity index (χ2v) is 5.20. The van der Waals surface area contributed by atoms with Crippen molar-refractivity contribution in [3.63, 3.8) is 0 Å². The van der Waals surface area contributed by atoms with Crippen molar-refractivity contribution in [2.45, 2.75) is 25.4 Å². The van der Waals surface area contributed by atoms with Crippen LogP contribution in [0.25, 0.3) is 0 Å². The number of aromatic nitrogens is 1. The quantitative estimate of drug-likeness (QED) is 0.915. The molecule has 0 aliphatic rings. The van der Waals surface area contributed by atoms with E-state index in [1.165, 1.54) is 0 Å². The van der Waals surface area contributed by atoms with Gasteiger partial charge >= 0.3 is 0 Å². The molecule has 0 saturated heterocycles. The van der Waals surface area contributed by atoms with Crippen LogP contribution in [0.1, 0.15) is 24.1 Å². The van der Waals surface area contributed by atoms with Crippen LogP contribution in [0.2, 0.25) is 0 Å². The van der Waals surface area contributed by atoms with Crippen molar-refractivity contribution in [1.82, 2.24) is 9.88 Å². The first-order valence-corrected chi connectivity index (χ1v) is 7.05. The van der Waals surface area contributed by atoms with Crippen molar-refractivity contribution < 1.29 is 4.79 Å². The van der Waals surface area contributed by atoms with Crippen molar-refractivity contribution in [2.24, 2.45) is 5.73 Å². The molecule has 1 amide bonds. The van der Waals surface area contributed by atoms with E-state index in [0.29, 0.717) is 6.42 Å². The van der Waals surface area contributed by atoms with Crippen LogP contribution < -0.4 is 5.73 Å². The van der Waals surface area contributed by atoms with E-state index in [4.69, 9.17) is 5.73 Å². The van der Waals surface area contributed by atoms with Gasteiger partial charge < -0.3 is 10.6 Å². The molecule has 1 unspecified atom stereocenters. The fraction of sp³-hybridized carbons (Fsp3) is 0.294. The fourth-order valence-corrected chi connectivity index (χ4v) is 2.27. The fourth-order valence-electron chi connectivity index (χ4n) is 2.27. The molecule has 2 N–H and O–H groups in total. The first-order valence-electron chi connectivity index (χ1n) is 7.05. The van der Waals surface area contributed by atoms with Crippen molar-refractivity contribution in [3.05, 3.63) is 66.0 Å². The molecule has 2 rings (SSSR count). The van der Waals surface area contributed by atoms with Crippen LogP contribution in [-0.2, 0) is 11.2 Å². The molecule has 2 atom stereocenters. The molecule has 0 saturated carbocycles. The van der Waals surface area contributed by atoms with E-state index in [9.17, 15) is 4.79 Å². The van der Waals surface area contributed by atoms with Crippen LogP contribution in [0.3, 0.4) is 0 Å². The van der Waals surface area contributed by atoms with Crippen LogP contribution in [0.5, 0.6) is 0 Å². The minimum Gasteiger partial charge on any atom is -0.338 e. The first kappa shape index (κ1) is 15.2. The molecule has 0 spiro atoms. The molecule has 2 aromatic rings. The third-order valence-corrected chi connectivity index (χ3v) is 3.73. The van der Waals surface area contributed by atoms with Gasteiger partial charge in [-0.05, 0) is 36.6 Å². The molecule has 0 aliphatic carbocycles. The van der Waals surface area contributed by atoms with E-state index < -0.39 is 6.04 Å². The minimum atomic E-state index is -0.526. The summed E-state index contributed by atoms with van der Waals surface area (Å²) in [5.41, 5.74) is 8.18. The largest absolute Gasteiger partial charge is 0.338 e. The van der Waals surface area contributed by atoms with Gasteiger partial charge in [0.1, 0.15) is 0 Å². The summed E-state index contributed by atoms with van der Waals surface area (Å²) < 4.78 is 0. The lowest BCUT2D eigenvalue weighted by atomic mass is 10.0. The number of nitrogens with two attached hydrogens (primary N) is 1. The predicted octanol–water partition coefficient (Wildman–Crippen LogP) is 2.17. The van der Waals surface area contributed by atoms with Crippen LogP contribution >= 0.6 is 0 Å². The predicted molar refractivity (Wildman–Crippen MR) is 83.5 cm³/mol. The maximum Gasteiger partial charge on any atom is 0.240 e. The van der Waals surface area contributed by atoms with E-state index in [1.54, 1.807) is 24.3 Å². The van der Waals surface area contributed by atoms with Gasteiger partial charge in [0.05, 0.1) is 12.1 Å². The van der Waals surface area contributed by atoms with E-state index >= 15 is 0 Å². The molecular weight excluding hydrogens is 262 g/mol. The van der Waals surface area contributed by atoms with E-state index in [1.807, 2.05) is 49.4 Å². The molecule has 1 heterocycles. The molecule has 4 heteroatoms. The Kier molecular flexibility index (Phi) is 5.06. The third-order valence-electron chi connectivity index (χ3n) is 3.73. The van der Waals surface area contributed by atoms with Crippen molar-refractivity contribution in [3.8, 4) is 0 Å². The van der Waals surface area contributed by atoms with Gasteiger partial charge in [-0.15, -0.1) is 0 Å². The second-order valence-electron chi connectivity index (χ2n) is 5.20. The Morgan fingerprint density at radius 3 is 2.43 bits per heavy atom. The highest BCUT2D eigenvalue weighted by Crippen LogP contribution is 2.18. The van der Waals surface area contributed by atoms with Gasteiger partial charge in [-0.2, -0.15) is 0 Å². The molecule has 0 radical (unpaired) electrons. The average Bonchev–Trinajstić information content (AvgIpc) is 2.54. The molecule has 0 bridgehead atoms. The van der Waals surface area contributed by atoms with Crippen molar-refractivity contribution in [2.75, 3.05) is 7.05 Å². The summed E-state index contributed by atoms with van der Waals surface area (Å²) in [7, 11) is 1.79. The zero-order chi connectivity index (χ0) is 15.2. The van der Waals surface area contributed by atoms with Gasteiger partial charge in [0.15, 0.2) is 0 Å². The van der Waals surface area contributed by atoms with Gasteiger partial charge in [-0.25, -0.2) is 0 Å². The number of carbonyl (C=O) groups excluding carboxylic acids is 1. The van der Waals surface area contributed by atoms with Crippen molar-refractivity contribution in [1.29, 1.82) is 0 Å². The van der Waals surface area contributed by atoms with Gasteiger partial charge in [-0.3, -0.25) is 9.78 Å². The van der Waals surface area contributed by atoms with Crippen molar-refractivity contribution >= 4 is 5.91 Å². The summed E-state index contributed by atoms with van der Waals surface area (Å²) in [5.74, 6) is -0.0526. The lowest BCUT2D eigenvalue weighted by molar-refractivity contribution is -0.133. The molecule has 110 valence electrons. The lowest BCUT2D eigenvalue weighted by Gasteiger charge is -2.28. The average molecular weight is 283 g/mol. The summed E-state index contributed by atoms with van der Waals surface area (Å²) in [6.07, 6.45) is 4.01. The summed E-state index contributed by atoms with van der Waals surface area (Å²) in [6, 6.07) is 13.1. The third kappa shape index (κ3) is 3.89. The summed E-state index contributed by atoms with van der Waals surface area (Å²) in [5, 5.41) is 0. The lowest BCUT2D eigenvalue weighted by Crippen LogP contribution is -2.44. The van der Waals surface area contributed by atoms with Gasteiger partial charge in [-0.1, -0.05) is 30.3 Å². The normalized spacial score (nSPS) is 13.5. The van der Waals surface area contributed by atoms with Gasteiger partial charge in [0.25, 0.3) is 0 Å². The highest BCUT2D eigenvalue weighted by Gasteiger charge is 2.23. The summed E-state index contributed by atoms with van der Waals surface area (Å²) in [6.45, 7) is 1.99. The van der Waals surface area contributed by atoms with E-state index in [2.05, 4.69) is 4.98 Å². The molecule has 4 nitrogen and oxygen atoms in total. The van der Waals surface area contributed by atoms with Gasteiger partial charge in [0, 0.05) is 19.4 Å². The highest BCUT2D eigenvalue weighted by atomic mass is 16.2. The molecule has 0 aliphatic heterocycles. The maximum atomic E-state index is 12.4. The zero-order valence-corrected chi connectivity index (χ0v) is 12.4. The number of hydrogen-bond acceptors (Lipinski definition) is 3. The highest BCUT2D eigenvalue weighted by molar-refractivity contribution is 5.82. The number of likely N-dealkylation sites (N-methyl/N-ethyl adjacent to an activating group) is 1. The van der Waals surface area contributed by atoms with Crippen LogP contribution in [0.4, 0.5) is 0 Å². The first-order chi connectivity index (χ1) is 10.1. The Balaban J connectivity index is 2.01. The summed E-state index contributed by atoms with van der Waals surface area (Å²) in [4.78, 5) is 18.1. The van der Waals surface area contributed by atoms with Crippen LogP contribution in [0, 0.1) is 0 Å². The van der Waals surface area contributed by atoms with Gasteiger partial charge in [0.2, 0.25) is 5.91 Å². The Morgan fingerprint density at radius 2 is 1.81 bits per heavy atom. The molecule has 21 heavy (non-hydrogen) atoms. The molecule has 1 aromatic carbocycles. The molecule has 0 fully saturated rings. The molecule has 1 aromatic heterocycles. The monoisotopic (exact) mass is 283 g/mol. The number of pyridine rings is 1. The van der Waals surface area contributed by atoms with E-state index in [-0.39, 0.29) is 11.9 Å². The maximum absolute atomic E-state index is 12.4. The molecular formula is C17H21N3O. The smallest absolute Gasteiger partial charge is 0.240 e. The Labute approximate surface area is 125 Å². The minimum absolute atomic E-state index is 0.0256. The second kappa shape index (κ2) is 6.99. The number of carbonyl (C=O) groups is 1. The van der Waals surface area contributed by atoms with E-state index in [0.717, 1.165) is 11.1 Å². The number of rotatable bonds is 5. The Bertz CT molecular complexity index is 571. The number of amides is 1. The summed E-state index contributed by atoms with van der Waals surface area (Å²) >= 11 is 0. The SMILES string of the molecule is CC(c1ccncc1)N(C)C(=O)[C@@H](N)Cc1ccccc1. The Morgan fingerprint density at radius 1 is 1.19 bits per heavy atom. The Hall–Kier alpha value is -2.20. The van der Waals surface area contributed by atoms with Crippen LogP contribution in [-0.4, -0.2) is 28.9 Å². The number of benzene rings is 1. The number of hydrogen-bond donors (Lipinski definition) is 1. The topological polar surface area (TPSA) is 59.2 Å². The number of nitrogens with zero attached hydrogens (tertiary/aromatic N) is 2.